The molecule has 0 aromatic heterocycles. The molecule has 0 amide bonds. The Kier molecular flexibility index (Phi) is 7.62. The zero-order valence-corrected chi connectivity index (χ0v) is 16.3. The minimum Gasteiger partial charge on any atom is -0.369 e. The smallest absolute Gasteiger partial charge is 0.191 e. The van der Waals surface area contributed by atoms with Gasteiger partial charge in [0.2, 0.25) is 0 Å². The van der Waals surface area contributed by atoms with Crippen LogP contribution in [0.2, 0.25) is 0 Å². The van der Waals surface area contributed by atoms with Crippen molar-refractivity contribution in [3.63, 3.8) is 0 Å². The molecule has 0 radical (unpaired) electrons. The lowest BCUT2D eigenvalue weighted by Gasteiger charge is -2.36. The fraction of sp³-hybridized carbons (Fsp3) is 0.667. The van der Waals surface area contributed by atoms with E-state index >= 15 is 0 Å². The molecule has 0 spiro atoms. The van der Waals surface area contributed by atoms with Crippen molar-refractivity contribution in [3.8, 4) is 0 Å². The molecule has 2 fully saturated rings. The highest BCUT2D eigenvalue weighted by Gasteiger charge is 2.20. The van der Waals surface area contributed by atoms with E-state index in [0.29, 0.717) is 0 Å². The van der Waals surface area contributed by atoms with Crippen molar-refractivity contribution in [1.82, 2.24) is 15.5 Å². The van der Waals surface area contributed by atoms with Crippen LogP contribution < -0.4 is 15.5 Å². The number of guanidine groups is 1. The van der Waals surface area contributed by atoms with Crippen LogP contribution in [-0.4, -0.2) is 63.2 Å². The van der Waals surface area contributed by atoms with Gasteiger partial charge in [0, 0.05) is 51.5 Å². The van der Waals surface area contributed by atoms with E-state index < -0.39 is 0 Å². The first-order chi connectivity index (χ1) is 12.8. The van der Waals surface area contributed by atoms with Crippen molar-refractivity contribution in [1.29, 1.82) is 0 Å². The Labute approximate surface area is 158 Å². The number of hydrogen-bond acceptors (Lipinski definition) is 3. The van der Waals surface area contributed by atoms with E-state index in [1.165, 1.54) is 51.0 Å². The standard InChI is InChI=1S/C21H35N5/c1-2-22-21(24-18-19-10-11-19)23-12-6-7-13-25-14-16-26(17-15-25)20-8-4-3-5-9-20/h3-5,8-9,19H,2,6-7,10-18H2,1H3,(H2,22,23,24). The number of anilines is 1. The number of para-hydroxylation sites is 1. The molecule has 0 unspecified atom stereocenters. The third-order valence-electron chi connectivity index (χ3n) is 5.24. The molecule has 3 rings (SSSR count). The summed E-state index contributed by atoms with van der Waals surface area (Å²) >= 11 is 0. The molecule has 1 heterocycles. The van der Waals surface area contributed by atoms with Crippen molar-refractivity contribution >= 4 is 11.6 Å². The van der Waals surface area contributed by atoms with Gasteiger partial charge in [-0.05, 0) is 57.2 Å². The van der Waals surface area contributed by atoms with E-state index in [1.54, 1.807) is 0 Å². The van der Waals surface area contributed by atoms with Gasteiger partial charge in [0.15, 0.2) is 5.96 Å². The molecule has 2 N–H and O–H groups in total. The zero-order chi connectivity index (χ0) is 18.0. The molecule has 1 saturated carbocycles. The third kappa shape index (κ3) is 6.52. The summed E-state index contributed by atoms with van der Waals surface area (Å²) in [6.07, 6.45) is 5.17. The summed E-state index contributed by atoms with van der Waals surface area (Å²) in [5.74, 6) is 1.84. The van der Waals surface area contributed by atoms with Crippen LogP contribution in [0.4, 0.5) is 5.69 Å². The highest BCUT2D eigenvalue weighted by atomic mass is 15.3. The Morgan fingerprint density at radius 3 is 2.50 bits per heavy atom. The Balaban J connectivity index is 1.26. The largest absolute Gasteiger partial charge is 0.369 e. The Morgan fingerprint density at radius 2 is 1.81 bits per heavy atom. The molecule has 2 aliphatic rings. The molecule has 5 heteroatoms. The maximum atomic E-state index is 4.68. The van der Waals surface area contributed by atoms with Crippen LogP contribution in [0.5, 0.6) is 0 Å². The molecule has 5 nitrogen and oxygen atoms in total. The minimum absolute atomic E-state index is 0.847. The summed E-state index contributed by atoms with van der Waals surface area (Å²) < 4.78 is 0. The summed E-state index contributed by atoms with van der Waals surface area (Å²) in [7, 11) is 0. The molecule has 144 valence electrons. The quantitative estimate of drug-likeness (QED) is 0.405. The maximum Gasteiger partial charge on any atom is 0.191 e. The van der Waals surface area contributed by atoms with E-state index in [9.17, 15) is 0 Å². The first-order valence-corrected chi connectivity index (χ1v) is 10.4. The zero-order valence-electron chi connectivity index (χ0n) is 16.3. The molecule has 1 aliphatic heterocycles. The summed E-state index contributed by atoms with van der Waals surface area (Å²) in [6.45, 7) is 10.9. The number of aliphatic imine (C=N–C) groups is 1. The van der Waals surface area contributed by atoms with Crippen LogP contribution in [0, 0.1) is 5.92 Å². The average Bonchev–Trinajstić information content (AvgIpc) is 3.51. The van der Waals surface area contributed by atoms with Gasteiger partial charge in [-0.1, -0.05) is 18.2 Å². The highest BCUT2D eigenvalue weighted by molar-refractivity contribution is 5.79. The number of rotatable bonds is 9. The summed E-state index contributed by atoms with van der Waals surface area (Å²) in [6, 6.07) is 10.8. The van der Waals surface area contributed by atoms with Crippen molar-refractivity contribution in [3.05, 3.63) is 30.3 Å². The number of hydrogen-bond donors (Lipinski definition) is 2. The number of unbranched alkanes of at least 4 members (excludes halogenated alkanes) is 1. The van der Waals surface area contributed by atoms with Gasteiger partial charge < -0.3 is 15.5 Å². The first-order valence-electron chi connectivity index (χ1n) is 10.4. The summed E-state index contributed by atoms with van der Waals surface area (Å²) in [4.78, 5) is 9.78. The molecule has 0 bridgehead atoms. The predicted octanol–water partition coefficient (Wildman–Crippen LogP) is 2.55. The molecule has 1 aromatic rings. The van der Waals surface area contributed by atoms with Gasteiger partial charge in [-0.2, -0.15) is 0 Å². The minimum atomic E-state index is 0.847. The van der Waals surface area contributed by atoms with Crippen LogP contribution in [0.3, 0.4) is 0 Å². The Morgan fingerprint density at radius 1 is 1.04 bits per heavy atom. The van der Waals surface area contributed by atoms with Crippen molar-refractivity contribution in [2.24, 2.45) is 10.9 Å². The second-order valence-electron chi connectivity index (χ2n) is 7.46. The number of nitrogens with zero attached hydrogens (tertiary/aromatic N) is 3. The molecule has 0 atom stereocenters. The van der Waals surface area contributed by atoms with Gasteiger partial charge in [-0.3, -0.25) is 9.89 Å². The summed E-state index contributed by atoms with van der Waals surface area (Å²) in [5, 5.41) is 6.83. The Bertz CT molecular complexity index is 533. The molecule has 26 heavy (non-hydrogen) atoms. The maximum absolute atomic E-state index is 4.68. The molecule has 1 saturated heterocycles. The second-order valence-corrected chi connectivity index (χ2v) is 7.46. The highest BCUT2D eigenvalue weighted by Crippen LogP contribution is 2.28. The van der Waals surface area contributed by atoms with Gasteiger partial charge in [0.1, 0.15) is 0 Å². The molecular weight excluding hydrogens is 322 g/mol. The van der Waals surface area contributed by atoms with E-state index in [2.05, 4.69) is 62.7 Å². The van der Waals surface area contributed by atoms with Crippen LogP contribution in [0.1, 0.15) is 32.6 Å². The van der Waals surface area contributed by atoms with Gasteiger partial charge >= 0.3 is 0 Å². The lowest BCUT2D eigenvalue weighted by molar-refractivity contribution is 0.253. The second kappa shape index (κ2) is 10.4. The number of benzene rings is 1. The van der Waals surface area contributed by atoms with Gasteiger partial charge in [-0.15, -0.1) is 0 Å². The van der Waals surface area contributed by atoms with E-state index in [0.717, 1.165) is 44.6 Å². The lowest BCUT2D eigenvalue weighted by Crippen LogP contribution is -2.46. The average molecular weight is 358 g/mol. The fourth-order valence-electron chi connectivity index (χ4n) is 3.40. The van der Waals surface area contributed by atoms with Crippen LogP contribution in [0.15, 0.2) is 35.3 Å². The third-order valence-corrected chi connectivity index (χ3v) is 5.24. The molecular formula is C21H35N5. The molecule has 1 aromatic carbocycles. The molecule has 1 aliphatic carbocycles. The van der Waals surface area contributed by atoms with Crippen molar-refractivity contribution < 1.29 is 0 Å². The van der Waals surface area contributed by atoms with Crippen molar-refractivity contribution in [2.45, 2.75) is 32.6 Å². The Hall–Kier alpha value is -1.75. The van der Waals surface area contributed by atoms with Gasteiger partial charge in [0.05, 0.1) is 0 Å². The van der Waals surface area contributed by atoms with E-state index in [4.69, 9.17) is 0 Å². The van der Waals surface area contributed by atoms with Crippen molar-refractivity contribution in [2.75, 3.05) is 57.3 Å². The van der Waals surface area contributed by atoms with Gasteiger partial charge in [-0.25, -0.2) is 0 Å². The van der Waals surface area contributed by atoms with E-state index in [1.807, 2.05) is 0 Å². The number of piperazine rings is 1. The van der Waals surface area contributed by atoms with Gasteiger partial charge in [0.25, 0.3) is 0 Å². The van der Waals surface area contributed by atoms with E-state index in [-0.39, 0.29) is 0 Å². The normalized spacial score (nSPS) is 18.8. The topological polar surface area (TPSA) is 42.9 Å². The van der Waals surface area contributed by atoms with Crippen LogP contribution >= 0.6 is 0 Å². The first kappa shape index (κ1) is 19.0. The fourth-order valence-corrected chi connectivity index (χ4v) is 3.40. The number of nitrogens with one attached hydrogen (secondary N) is 2. The monoisotopic (exact) mass is 357 g/mol. The lowest BCUT2D eigenvalue weighted by atomic mass is 10.2. The summed E-state index contributed by atoms with van der Waals surface area (Å²) in [5.41, 5.74) is 1.36. The predicted molar refractivity (Wildman–Crippen MR) is 111 cm³/mol. The SMILES string of the molecule is CCNC(=NCC1CC1)NCCCCN1CCN(c2ccccc2)CC1. The van der Waals surface area contributed by atoms with Crippen LogP contribution in [-0.2, 0) is 0 Å². The van der Waals surface area contributed by atoms with Crippen LogP contribution in [0.25, 0.3) is 0 Å².